The minimum atomic E-state index is -0.201. The molecule has 3 aromatic rings. The number of fused-ring (bicyclic) bond motifs is 1. The second kappa shape index (κ2) is 9.06. The number of rotatable bonds is 4. The topological polar surface area (TPSA) is 63.0 Å². The second-order valence-electron chi connectivity index (χ2n) is 8.57. The molecule has 1 aliphatic carbocycles. The fraction of sp³-hybridized carbons (Fsp3) is 0.458. The van der Waals surface area contributed by atoms with Gasteiger partial charge in [0.05, 0.1) is 23.7 Å². The number of carbonyl (C=O) groups excluding carboxylic acids is 1. The van der Waals surface area contributed by atoms with Gasteiger partial charge in [-0.2, -0.15) is 0 Å². The van der Waals surface area contributed by atoms with Crippen molar-refractivity contribution in [1.29, 1.82) is 0 Å². The summed E-state index contributed by atoms with van der Waals surface area (Å²) in [6.45, 7) is 3.66. The van der Waals surface area contributed by atoms with Gasteiger partial charge in [-0.15, -0.1) is 0 Å². The Morgan fingerprint density at radius 1 is 1.03 bits per heavy atom. The van der Waals surface area contributed by atoms with Gasteiger partial charge in [-0.25, -0.2) is 9.78 Å². The Balaban J connectivity index is 1.09. The normalized spacial score (nSPS) is 22.5. The number of piperazine rings is 1. The predicted octanol–water partition coefficient (Wildman–Crippen LogP) is 3.71. The maximum absolute atomic E-state index is 12.4. The summed E-state index contributed by atoms with van der Waals surface area (Å²) in [6, 6.07) is 10.4. The van der Waals surface area contributed by atoms with Crippen molar-refractivity contribution in [3.05, 3.63) is 66.5 Å². The third-order valence-electron chi connectivity index (χ3n) is 6.75. The molecule has 1 aliphatic heterocycles. The van der Waals surface area contributed by atoms with Crippen molar-refractivity contribution in [2.24, 2.45) is 0 Å². The molecule has 7 heteroatoms. The Bertz CT molecular complexity index is 1000. The highest BCUT2D eigenvalue weighted by atomic mass is 16.6. The van der Waals surface area contributed by atoms with E-state index in [4.69, 9.17) is 4.74 Å². The first-order valence-electron chi connectivity index (χ1n) is 11.2. The highest BCUT2D eigenvalue weighted by molar-refractivity contribution is 5.67. The number of nitrogens with zero attached hydrogens (tertiary/aromatic N) is 5. The van der Waals surface area contributed by atoms with Gasteiger partial charge < -0.3 is 14.0 Å². The average molecular weight is 420 g/mol. The lowest BCUT2D eigenvalue weighted by atomic mass is 9.83. The number of hydrogen-bond acceptors (Lipinski definition) is 5. The van der Waals surface area contributed by atoms with Crippen molar-refractivity contribution < 1.29 is 9.53 Å². The Hall–Kier alpha value is -2.93. The molecular weight excluding hydrogens is 390 g/mol. The first-order valence-corrected chi connectivity index (χ1v) is 11.2. The van der Waals surface area contributed by atoms with Gasteiger partial charge in [0.25, 0.3) is 0 Å². The fourth-order valence-electron chi connectivity index (χ4n) is 4.97. The molecule has 2 fully saturated rings. The molecular formula is C24H29N5O2. The van der Waals surface area contributed by atoms with E-state index in [1.165, 1.54) is 18.5 Å². The SMILES string of the molecule is O=C(OCc1ccccc1)N1CCN(C2CCC(c3ncn4ccncc34)CC2)CC1. The van der Waals surface area contributed by atoms with Crippen LogP contribution in [0.2, 0.25) is 0 Å². The van der Waals surface area contributed by atoms with Crippen LogP contribution in [0.5, 0.6) is 0 Å². The van der Waals surface area contributed by atoms with Crippen LogP contribution < -0.4 is 0 Å². The molecule has 0 bridgehead atoms. The molecule has 0 spiro atoms. The van der Waals surface area contributed by atoms with Gasteiger partial charge in [-0.3, -0.25) is 9.88 Å². The number of hydrogen-bond donors (Lipinski definition) is 0. The van der Waals surface area contributed by atoms with Crippen LogP contribution in [0.1, 0.15) is 42.9 Å². The maximum atomic E-state index is 12.4. The summed E-state index contributed by atoms with van der Waals surface area (Å²) in [5.74, 6) is 0.514. The molecule has 7 nitrogen and oxygen atoms in total. The van der Waals surface area contributed by atoms with Gasteiger partial charge in [-0.05, 0) is 31.2 Å². The zero-order valence-electron chi connectivity index (χ0n) is 17.8. The predicted molar refractivity (Wildman–Crippen MR) is 118 cm³/mol. The van der Waals surface area contributed by atoms with Crippen LogP contribution in [-0.2, 0) is 11.3 Å². The Kier molecular flexibility index (Phi) is 5.84. The minimum absolute atomic E-state index is 0.201. The highest BCUT2D eigenvalue weighted by Crippen LogP contribution is 2.36. The molecule has 1 amide bonds. The second-order valence-corrected chi connectivity index (χ2v) is 8.57. The van der Waals surface area contributed by atoms with E-state index in [-0.39, 0.29) is 6.09 Å². The van der Waals surface area contributed by atoms with Crippen LogP contribution in [0.3, 0.4) is 0 Å². The lowest BCUT2D eigenvalue weighted by molar-refractivity contribution is 0.0515. The molecule has 0 N–H and O–H groups in total. The van der Waals surface area contributed by atoms with Crippen LogP contribution >= 0.6 is 0 Å². The zero-order valence-corrected chi connectivity index (χ0v) is 17.8. The van der Waals surface area contributed by atoms with E-state index < -0.39 is 0 Å². The summed E-state index contributed by atoms with van der Waals surface area (Å²) in [5, 5.41) is 0. The van der Waals surface area contributed by atoms with Crippen molar-refractivity contribution in [2.45, 2.75) is 44.2 Å². The van der Waals surface area contributed by atoms with Crippen LogP contribution in [-0.4, -0.2) is 62.5 Å². The van der Waals surface area contributed by atoms with Crippen LogP contribution in [0.15, 0.2) is 55.2 Å². The van der Waals surface area contributed by atoms with E-state index in [1.807, 2.05) is 54.0 Å². The summed E-state index contributed by atoms with van der Waals surface area (Å²) >= 11 is 0. The maximum Gasteiger partial charge on any atom is 0.410 e. The fourth-order valence-corrected chi connectivity index (χ4v) is 4.97. The highest BCUT2D eigenvalue weighted by Gasteiger charge is 2.31. The van der Waals surface area contributed by atoms with Crippen LogP contribution in [0.25, 0.3) is 5.52 Å². The lowest BCUT2D eigenvalue weighted by Crippen LogP contribution is -2.52. The van der Waals surface area contributed by atoms with E-state index in [9.17, 15) is 4.79 Å². The van der Waals surface area contributed by atoms with Gasteiger partial charge in [0.1, 0.15) is 6.61 Å². The molecule has 1 saturated carbocycles. The number of benzene rings is 1. The van der Waals surface area contributed by atoms with Crippen LogP contribution in [0.4, 0.5) is 4.79 Å². The largest absolute Gasteiger partial charge is 0.445 e. The first-order chi connectivity index (χ1) is 15.3. The molecule has 2 aliphatic rings. The number of imidazole rings is 1. The monoisotopic (exact) mass is 419 g/mol. The molecule has 5 rings (SSSR count). The van der Waals surface area contributed by atoms with E-state index in [1.54, 1.807) is 6.20 Å². The molecule has 3 heterocycles. The molecule has 0 atom stereocenters. The third kappa shape index (κ3) is 4.42. The van der Waals surface area contributed by atoms with Gasteiger partial charge in [0, 0.05) is 50.5 Å². The zero-order chi connectivity index (χ0) is 21.0. The van der Waals surface area contributed by atoms with Crippen molar-refractivity contribution >= 4 is 11.6 Å². The van der Waals surface area contributed by atoms with Crippen molar-refractivity contribution in [3.8, 4) is 0 Å². The smallest absolute Gasteiger partial charge is 0.410 e. The molecule has 162 valence electrons. The average Bonchev–Trinajstić information content (AvgIpc) is 3.28. The van der Waals surface area contributed by atoms with E-state index in [0.29, 0.717) is 18.6 Å². The molecule has 1 saturated heterocycles. The molecule has 2 aromatic heterocycles. The summed E-state index contributed by atoms with van der Waals surface area (Å²) in [6.07, 6.45) is 12.1. The van der Waals surface area contributed by atoms with E-state index in [0.717, 1.165) is 50.1 Å². The number of carbonyl (C=O) groups is 1. The van der Waals surface area contributed by atoms with Gasteiger partial charge in [0.15, 0.2) is 0 Å². The van der Waals surface area contributed by atoms with E-state index >= 15 is 0 Å². The summed E-state index contributed by atoms with van der Waals surface area (Å²) in [4.78, 5) is 25.8. The Morgan fingerprint density at radius 2 is 1.81 bits per heavy atom. The van der Waals surface area contributed by atoms with Gasteiger partial charge in [-0.1, -0.05) is 30.3 Å². The molecule has 31 heavy (non-hydrogen) atoms. The standard InChI is InChI=1S/C24H29N5O2/c30-24(31-17-19-4-2-1-3-5-19)28-14-12-27(13-15-28)21-8-6-20(7-9-21)23-22-16-25-10-11-29(22)18-26-23/h1-5,10-11,16,18,20-21H,6-9,12-15,17H2. The summed E-state index contributed by atoms with van der Waals surface area (Å²) in [7, 11) is 0. The van der Waals surface area contributed by atoms with E-state index in [2.05, 4.69) is 19.3 Å². The summed E-state index contributed by atoms with van der Waals surface area (Å²) in [5.41, 5.74) is 3.35. The van der Waals surface area contributed by atoms with Gasteiger partial charge in [0.2, 0.25) is 0 Å². The number of amides is 1. The van der Waals surface area contributed by atoms with Crippen LogP contribution in [0, 0.1) is 0 Å². The minimum Gasteiger partial charge on any atom is -0.445 e. The van der Waals surface area contributed by atoms with Crippen molar-refractivity contribution in [3.63, 3.8) is 0 Å². The van der Waals surface area contributed by atoms with Crippen molar-refractivity contribution in [1.82, 2.24) is 24.2 Å². The summed E-state index contributed by atoms with van der Waals surface area (Å²) < 4.78 is 7.55. The number of aromatic nitrogens is 3. The lowest BCUT2D eigenvalue weighted by Gasteiger charge is -2.41. The molecule has 0 radical (unpaired) electrons. The van der Waals surface area contributed by atoms with Gasteiger partial charge >= 0.3 is 6.09 Å². The molecule has 0 unspecified atom stereocenters. The van der Waals surface area contributed by atoms with Crippen molar-refractivity contribution in [2.75, 3.05) is 26.2 Å². The Morgan fingerprint density at radius 3 is 2.58 bits per heavy atom. The Labute approximate surface area is 182 Å². The third-order valence-corrected chi connectivity index (χ3v) is 6.75. The first kappa shape index (κ1) is 20.0. The molecule has 1 aromatic carbocycles. The number of ether oxygens (including phenoxy) is 1. The quantitative estimate of drug-likeness (QED) is 0.645.